The Balaban J connectivity index is 1.09. The van der Waals surface area contributed by atoms with Gasteiger partial charge in [-0.2, -0.15) is 0 Å². The Kier molecular flexibility index (Phi) is 31.2. The fourth-order valence-electron chi connectivity index (χ4n) is 12.5. The number of hydrogen-bond donors (Lipinski definition) is 26. The van der Waals surface area contributed by atoms with Gasteiger partial charge in [-0.3, -0.25) is 19.2 Å². The van der Waals surface area contributed by atoms with Crippen molar-refractivity contribution in [2.45, 2.75) is 247 Å². The lowest BCUT2D eigenvalue weighted by atomic mass is 9.88. The number of carbonyl (C=O) groups is 5. The largest absolute Gasteiger partial charge is 0.544 e. The average Bonchev–Trinajstić information content (AvgIpc) is 0.755. The summed E-state index contributed by atoms with van der Waals surface area (Å²) in [5.74, 6) is -8.98. The molecular formula is C55H91N4O42-. The second-order valence-electron chi connectivity index (χ2n) is 24.7. The van der Waals surface area contributed by atoms with Crippen molar-refractivity contribution >= 4 is 30.1 Å². The number of aliphatic hydroxyl groups excluding tert-OH is 22. The molecule has 7 fully saturated rings. The second kappa shape index (κ2) is 37.4. The molecule has 0 spiro atoms. The van der Waals surface area contributed by atoms with Crippen LogP contribution < -0.4 is 26.4 Å². The van der Waals surface area contributed by atoms with Crippen molar-refractivity contribution in [3.8, 4) is 0 Å². The molecule has 0 aliphatic carbocycles. The highest BCUT2D eigenvalue weighted by Crippen LogP contribution is 2.41. The van der Waals surface area contributed by atoms with E-state index in [9.17, 15) is 141 Å². The molecule has 37 atom stereocenters. The van der Waals surface area contributed by atoms with Gasteiger partial charge in [-0.05, 0) is 0 Å². The fraction of sp³-hybridized carbons (Fsp3) is 0.909. The first-order valence-electron chi connectivity index (χ1n) is 31.6. The van der Waals surface area contributed by atoms with Crippen molar-refractivity contribution in [2.24, 2.45) is 0 Å². The van der Waals surface area contributed by atoms with E-state index in [0.29, 0.717) is 0 Å². The second-order valence-corrected chi connectivity index (χ2v) is 24.7. The van der Waals surface area contributed by atoms with Crippen LogP contribution in [-0.4, -0.2) is 435 Å². The maximum absolute atomic E-state index is 13.0. The fourth-order valence-corrected chi connectivity index (χ4v) is 12.5. The van der Waals surface area contributed by atoms with Crippen molar-refractivity contribution in [1.82, 2.24) is 21.3 Å². The first-order valence-corrected chi connectivity index (χ1v) is 31.6. The average molecular weight is 1480 g/mol. The van der Waals surface area contributed by atoms with Crippen LogP contribution in [0.5, 0.6) is 0 Å². The molecule has 0 radical (unpaired) electrons. The molecule has 7 aliphatic heterocycles. The summed E-state index contributed by atoms with van der Waals surface area (Å²) in [5, 5.41) is 262. The number of rotatable bonds is 32. The van der Waals surface area contributed by atoms with Crippen LogP contribution in [0.15, 0.2) is 0 Å². The molecule has 0 aromatic heterocycles. The topological polar surface area (TPSA) is 731 Å². The number of amides is 4. The van der Waals surface area contributed by atoms with Crippen molar-refractivity contribution in [2.75, 3.05) is 66.1 Å². The van der Waals surface area contributed by atoms with E-state index < -0.39 is 323 Å². The molecule has 26 N–H and O–H groups in total. The van der Waals surface area contributed by atoms with Crippen LogP contribution in [0.1, 0.15) is 20.3 Å². The summed E-state index contributed by atoms with van der Waals surface area (Å²) in [6.45, 7) is -8.43. The van der Waals surface area contributed by atoms with Gasteiger partial charge < -0.3 is 210 Å². The van der Waals surface area contributed by atoms with E-state index in [-0.39, 0.29) is 6.41 Å². The van der Waals surface area contributed by atoms with Crippen LogP contribution in [0.4, 0.5) is 0 Å². The van der Waals surface area contributed by atoms with Crippen molar-refractivity contribution in [3.63, 3.8) is 0 Å². The number of hydrogen-bond acceptors (Lipinski definition) is 42. The van der Waals surface area contributed by atoms with E-state index in [1.54, 1.807) is 0 Å². The molecular weight excluding hydrogens is 1390 g/mol. The van der Waals surface area contributed by atoms with Gasteiger partial charge in [-0.15, -0.1) is 0 Å². The molecule has 7 aliphatic rings. The molecule has 101 heavy (non-hydrogen) atoms. The maximum Gasteiger partial charge on any atom is 0.246 e. The molecule has 0 saturated carbocycles. The number of nitrogens with one attached hydrogen (secondary N) is 4. The zero-order valence-electron chi connectivity index (χ0n) is 53.6. The molecule has 46 nitrogen and oxygen atoms in total. The van der Waals surface area contributed by atoms with E-state index in [1.807, 2.05) is 5.32 Å². The third kappa shape index (κ3) is 19.0. The van der Waals surface area contributed by atoms with E-state index in [2.05, 4.69) is 16.0 Å². The molecule has 0 aromatic carbocycles. The predicted octanol–water partition coefficient (Wildman–Crippen LogP) is -19.9. The standard InChI is InChI=1S/C55H92N4O42/c1-15(70)57-28-34(79)41(96-53-40(85)47(33(78)22(8-64)91-53)101-55(54(86)87)3-18(72)27(59-26(74)12-68)45(100-55)30(75)19(73)5-61)23(9-65)92-48(28)99-46-32(77)21(7-63)90-52(39(46)84)98-44-29(58-16(2)71)49(89-20(6-62)31(44)76)95-42-25(11-67)94-51(38(83)36(42)81)97-43-24(10-66)93-50(37(82)35(43)80)88-13-17(4-60)56-14-69/h14,17-25,27-53,60-68,72-73,75-85H,3-13H2,1-2H3,(H,56,69)(H,57,70)(H,58,71)(H,59,74)(H,86,87)/p-1/t17-,18+,19-,20-,21-,22-,23-,24-,25-,27-,28-,29-,30-,31+,32+,33+,34-,35-,36-,37-,38-,39-,40-,41-,42+,43-,44-,45-,46+,47+,48+,49+,50-,51+,52+,53+,55+/m1/s1. The third-order valence-electron chi connectivity index (χ3n) is 17.8. The lowest BCUT2D eigenvalue weighted by molar-refractivity contribution is -0.411. The molecule has 4 amide bonds. The van der Waals surface area contributed by atoms with Gasteiger partial charge in [0.15, 0.2) is 37.7 Å². The number of carboxylic acids is 1. The van der Waals surface area contributed by atoms with E-state index >= 15 is 0 Å². The molecule has 46 heteroatoms. The minimum Gasteiger partial charge on any atom is -0.544 e. The highest BCUT2D eigenvalue weighted by Gasteiger charge is 2.61. The van der Waals surface area contributed by atoms with Crippen LogP contribution in [-0.2, 0) is 90.3 Å². The third-order valence-corrected chi connectivity index (χ3v) is 17.8. The number of carbonyl (C=O) groups excluding carboxylic acids is 5. The van der Waals surface area contributed by atoms with Gasteiger partial charge in [0.05, 0.1) is 77.6 Å². The Morgan fingerprint density at radius 3 is 1.37 bits per heavy atom. The van der Waals surface area contributed by atoms with Crippen LogP contribution in [0.25, 0.3) is 0 Å². The van der Waals surface area contributed by atoms with Gasteiger partial charge in [0.2, 0.25) is 29.9 Å². The summed E-state index contributed by atoms with van der Waals surface area (Å²) in [5.41, 5.74) is 0. The van der Waals surface area contributed by atoms with Crippen molar-refractivity contribution < 1.29 is 208 Å². The highest BCUT2D eigenvalue weighted by molar-refractivity contribution is 5.78. The summed E-state index contributed by atoms with van der Waals surface area (Å²) in [4.78, 5) is 62.0. The number of aliphatic hydroxyl groups is 22. The maximum atomic E-state index is 13.0. The van der Waals surface area contributed by atoms with Gasteiger partial charge in [-0.25, -0.2) is 0 Å². The summed E-state index contributed by atoms with van der Waals surface area (Å²) < 4.78 is 80.7. The molecule has 0 aromatic rings. The summed E-state index contributed by atoms with van der Waals surface area (Å²) >= 11 is 0. The van der Waals surface area contributed by atoms with Crippen molar-refractivity contribution in [3.05, 3.63) is 0 Å². The van der Waals surface area contributed by atoms with E-state index in [1.165, 1.54) is 0 Å². The zero-order valence-corrected chi connectivity index (χ0v) is 53.6. The monoisotopic (exact) mass is 1480 g/mol. The van der Waals surface area contributed by atoms with E-state index in [0.717, 1.165) is 13.8 Å². The molecule has 7 rings (SSSR count). The minimum absolute atomic E-state index is 0.258. The predicted molar refractivity (Wildman–Crippen MR) is 306 cm³/mol. The number of carboxylic acid groups (broad SMARTS) is 1. The molecule has 0 unspecified atom stereocenters. The highest BCUT2D eigenvalue weighted by atomic mass is 16.8. The molecule has 7 heterocycles. The number of ether oxygens (including phenoxy) is 14. The first-order chi connectivity index (χ1) is 47.9. The van der Waals surface area contributed by atoms with Crippen LogP contribution in [0.2, 0.25) is 0 Å². The summed E-state index contributed by atoms with van der Waals surface area (Å²) in [7, 11) is 0. The van der Waals surface area contributed by atoms with E-state index in [4.69, 9.17) is 66.3 Å². The van der Waals surface area contributed by atoms with Crippen LogP contribution >= 0.6 is 0 Å². The lowest BCUT2D eigenvalue weighted by Gasteiger charge is -2.52. The van der Waals surface area contributed by atoms with Gasteiger partial charge >= 0.3 is 0 Å². The van der Waals surface area contributed by atoms with Gasteiger partial charge in [0, 0.05) is 20.3 Å². The Hall–Kier alpha value is -4.09. The van der Waals surface area contributed by atoms with Crippen LogP contribution in [0, 0.1) is 0 Å². The summed E-state index contributed by atoms with van der Waals surface area (Å²) in [6.07, 6.45) is -68.6. The number of aliphatic carboxylic acids is 1. The lowest BCUT2D eigenvalue weighted by Crippen LogP contribution is -2.72. The Labute approximate surface area is 570 Å². The smallest absolute Gasteiger partial charge is 0.246 e. The SMILES string of the molecule is CC(=O)N[C@H]1[C@H](O[C@H]2[C@@H](O)[C@@H](CO)O[C@@H](O[C@H]3[C@@H](O)[C@@H](CO)O[C@@H](O[C@@H]4[C@H](O)[C@@H](O)[C@H](O[C@H]5[C@H](O)[C@@H](O)[C@H](OC[C@@H](CO)NC=O)O[C@@H]5CO)O[C@@H]4CO)[C@@H]3NC(C)=O)[C@@H]2O)O[C@H](CO)[C@@H](O[C@@H]2O[C@H](CO)[C@H](O)[C@H](O[C@]3(C(=O)[O-])C[C@H](O)[C@@H](NC(=O)CO)[C@H]([C@H](O)[C@H](O)CO)O3)[C@H]2O)[C@@H]1O. The Morgan fingerprint density at radius 2 is 0.881 bits per heavy atom. The van der Waals surface area contributed by atoms with Gasteiger partial charge in [0.1, 0.15) is 177 Å². The normalized spacial score (nSPS) is 44.7. The Bertz CT molecular complexity index is 2620. The molecule has 0 bridgehead atoms. The summed E-state index contributed by atoms with van der Waals surface area (Å²) in [6, 6.07) is -6.77. The van der Waals surface area contributed by atoms with Crippen molar-refractivity contribution in [1.29, 1.82) is 0 Å². The first kappa shape index (κ1) is 84.2. The zero-order chi connectivity index (χ0) is 74.8. The van der Waals surface area contributed by atoms with Crippen LogP contribution in [0.3, 0.4) is 0 Å². The molecule has 584 valence electrons. The quantitative estimate of drug-likeness (QED) is 0.0278. The minimum atomic E-state index is -3.42. The Morgan fingerprint density at radius 1 is 0.475 bits per heavy atom. The molecule has 7 saturated heterocycles. The van der Waals surface area contributed by atoms with Gasteiger partial charge in [0.25, 0.3) is 0 Å². The van der Waals surface area contributed by atoms with Gasteiger partial charge in [-0.1, -0.05) is 0 Å².